The second-order valence-corrected chi connectivity index (χ2v) is 5.47. The van der Waals surface area contributed by atoms with Crippen molar-refractivity contribution in [2.45, 2.75) is 32.9 Å². The Morgan fingerprint density at radius 3 is 3.05 bits per heavy atom. The van der Waals surface area contributed by atoms with Crippen LogP contribution in [-0.4, -0.2) is 37.1 Å². The molecule has 0 aromatic carbocycles. The number of rotatable bonds is 3. The molecular formula is C14H16ClN5O. The summed E-state index contributed by atoms with van der Waals surface area (Å²) in [6.07, 6.45) is 3.47. The van der Waals surface area contributed by atoms with Crippen molar-refractivity contribution in [3.8, 4) is 0 Å². The van der Waals surface area contributed by atoms with Crippen LogP contribution in [0.15, 0.2) is 18.5 Å². The zero-order chi connectivity index (χ0) is 14.8. The molecule has 6 nitrogen and oxygen atoms in total. The van der Waals surface area contributed by atoms with Crippen LogP contribution in [0.5, 0.6) is 0 Å². The lowest BCUT2D eigenvalue weighted by molar-refractivity contribution is 0.0707. The minimum Gasteiger partial charge on any atom is -0.329 e. The molecule has 1 aliphatic heterocycles. The number of pyridine rings is 1. The fourth-order valence-electron chi connectivity index (χ4n) is 2.48. The van der Waals surface area contributed by atoms with Gasteiger partial charge in [-0.1, -0.05) is 24.9 Å². The van der Waals surface area contributed by atoms with Gasteiger partial charge in [0.25, 0.3) is 5.91 Å². The summed E-state index contributed by atoms with van der Waals surface area (Å²) in [6.45, 7) is 3.91. The van der Waals surface area contributed by atoms with Gasteiger partial charge in [0.2, 0.25) is 0 Å². The van der Waals surface area contributed by atoms with Crippen LogP contribution in [0.4, 0.5) is 0 Å². The van der Waals surface area contributed by atoms with Crippen molar-refractivity contribution in [2.75, 3.05) is 6.54 Å². The summed E-state index contributed by atoms with van der Waals surface area (Å²) in [7, 11) is 0. The van der Waals surface area contributed by atoms with Gasteiger partial charge in [0, 0.05) is 24.3 Å². The fraction of sp³-hybridized carbons (Fsp3) is 0.429. The van der Waals surface area contributed by atoms with E-state index in [9.17, 15) is 4.79 Å². The molecule has 2 aromatic heterocycles. The Morgan fingerprint density at radius 1 is 1.38 bits per heavy atom. The van der Waals surface area contributed by atoms with Crippen molar-refractivity contribution in [3.63, 3.8) is 0 Å². The molecule has 1 amide bonds. The molecule has 0 bridgehead atoms. The van der Waals surface area contributed by atoms with Crippen LogP contribution < -0.4 is 0 Å². The van der Waals surface area contributed by atoms with Crippen LogP contribution in [0.3, 0.4) is 0 Å². The minimum absolute atomic E-state index is 0.0362. The quantitative estimate of drug-likeness (QED) is 0.813. The van der Waals surface area contributed by atoms with Crippen LogP contribution in [0.1, 0.15) is 35.2 Å². The highest BCUT2D eigenvalue weighted by Crippen LogP contribution is 2.17. The van der Waals surface area contributed by atoms with Crippen molar-refractivity contribution in [3.05, 3.63) is 40.7 Å². The summed E-state index contributed by atoms with van der Waals surface area (Å²) in [6, 6.07) is 3.46. The second-order valence-electron chi connectivity index (χ2n) is 5.09. The molecule has 3 heterocycles. The molecule has 0 fully saturated rings. The number of nitrogens with zero attached hydrogens (tertiary/aromatic N) is 5. The van der Waals surface area contributed by atoms with E-state index in [0.717, 1.165) is 24.4 Å². The number of fused-ring (bicyclic) bond motifs is 1. The maximum Gasteiger partial charge on any atom is 0.254 e. The van der Waals surface area contributed by atoms with Gasteiger partial charge in [-0.25, -0.2) is 4.98 Å². The molecular weight excluding hydrogens is 290 g/mol. The van der Waals surface area contributed by atoms with E-state index in [1.807, 2.05) is 10.6 Å². The number of hydrogen-bond donors (Lipinski definition) is 0. The Bertz CT molecular complexity index is 669. The molecule has 0 spiro atoms. The van der Waals surface area contributed by atoms with E-state index in [0.29, 0.717) is 30.4 Å². The maximum absolute atomic E-state index is 12.6. The molecule has 21 heavy (non-hydrogen) atoms. The Balaban J connectivity index is 1.82. The normalized spacial score (nSPS) is 14.1. The molecule has 2 aromatic rings. The Hall–Kier alpha value is -1.95. The van der Waals surface area contributed by atoms with Crippen molar-refractivity contribution in [2.24, 2.45) is 0 Å². The maximum atomic E-state index is 12.6. The fourth-order valence-corrected chi connectivity index (χ4v) is 2.71. The van der Waals surface area contributed by atoms with Gasteiger partial charge >= 0.3 is 0 Å². The summed E-state index contributed by atoms with van der Waals surface area (Å²) in [5.41, 5.74) is 1.44. The van der Waals surface area contributed by atoms with Crippen molar-refractivity contribution in [1.82, 2.24) is 24.6 Å². The topological polar surface area (TPSA) is 63.9 Å². The number of carbonyl (C=O) groups is 1. The molecule has 0 unspecified atom stereocenters. The van der Waals surface area contributed by atoms with Gasteiger partial charge in [0.15, 0.2) is 5.82 Å². The molecule has 7 heteroatoms. The van der Waals surface area contributed by atoms with Gasteiger partial charge in [0.05, 0.1) is 6.54 Å². The number of aryl methyl sites for hydroxylation is 1. The van der Waals surface area contributed by atoms with Crippen LogP contribution in [0, 0.1) is 0 Å². The van der Waals surface area contributed by atoms with E-state index in [4.69, 9.17) is 11.6 Å². The highest BCUT2D eigenvalue weighted by atomic mass is 35.5. The molecule has 0 saturated heterocycles. The van der Waals surface area contributed by atoms with Crippen molar-refractivity contribution in [1.29, 1.82) is 0 Å². The van der Waals surface area contributed by atoms with E-state index in [-0.39, 0.29) is 5.91 Å². The average molecular weight is 306 g/mol. The average Bonchev–Trinajstić information content (AvgIpc) is 2.93. The van der Waals surface area contributed by atoms with E-state index < -0.39 is 0 Å². The first kappa shape index (κ1) is 14.0. The summed E-state index contributed by atoms with van der Waals surface area (Å²) < 4.78 is 1.96. The highest BCUT2D eigenvalue weighted by molar-refractivity contribution is 6.29. The van der Waals surface area contributed by atoms with Gasteiger partial charge in [0.1, 0.15) is 11.5 Å². The molecule has 0 radical (unpaired) electrons. The summed E-state index contributed by atoms with van der Waals surface area (Å²) in [4.78, 5) is 18.6. The summed E-state index contributed by atoms with van der Waals surface area (Å²) in [5, 5.41) is 8.26. The van der Waals surface area contributed by atoms with Crippen LogP contribution in [0.25, 0.3) is 0 Å². The molecule has 0 aliphatic carbocycles. The minimum atomic E-state index is -0.0362. The zero-order valence-electron chi connectivity index (χ0n) is 11.8. The Morgan fingerprint density at radius 2 is 2.24 bits per heavy atom. The number of aromatic nitrogens is 4. The second kappa shape index (κ2) is 5.81. The molecule has 0 saturated carbocycles. The number of halogens is 1. The van der Waals surface area contributed by atoms with E-state index in [1.54, 1.807) is 17.3 Å². The van der Waals surface area contributed by atoms with Gasteiger partial charge in [-0.2, -0.15) is 0 Å². The van der Waals surface area contributed by atoms with E-state index in [2.05, 4.69) is 22.1 Å². The first-order valence-electron chi connectivity index (χ1n) is 7.00. The van der Waals surface area contributed by atoms with Gasteiger partial charge in [-0.05, 0) is 18.6 Å². The largest absolute Gasteiger partial charge is 0.329 e. The molecule has 0 N–H and O–H groups in total. The molecule has 1 aliphatic rings. The zero-order valence-corrected chi connectivity index (χ0v) is 12.5. The molecule has 3 rings (SSSR count). The predicted octanol–water partition coefficient (Wildman–Crippen LogP) is 1.94. The lowest BCUT2D eigenvalue weighted by Gasteiger charge is -2.27. The smallest absolute Gasteiger partial charge is 0.254 e. The first-order valence-corrected chi connectivity index (χ1v) is 7.37. The van der Waals surface area contributed by atoms with Crippen LogP contribution in [0.2, 0.25) is 5.15 Å². The standard InChI is InChI=1S/C14H16ClN5O/c1-2-3-11-6-10(7-12(15)17-11)14(21)19-4-5-20-9-16-18-13(20)8-19/h6-7,9H,2-5,8H2,1H3. The third-order valence-electron chi connectivity index (χ3n) is 3.53. The summed E-state index contributed by atoms with van der Waals surface area (Å²) in [5.74, 6) is 0.773. The van der Waals surface area contributed by atoms with Crippen LogP contribution >= 0.6 is 11.6 Å². The number of amides is 1. The lowest BCUT2D eigenvalue weighted by Crippen LogP contribution is -2.38. The lowest BCUT2D eigenvalue weighted by atomic mass is 10.1. The van der Waals surface area contributed by atoms with Crippen molar-refractivity contribution >= 4 is 17.5 Å². The van der Waals surface area contributed by atoms with Gasteiger partial charge in [-0.3, -0.25) is 4.79 Å². The summed E-state index contributed by atoms with van der Waals surface area (Å²) >= 11 is 6.02. The third-order valence-corrected chi connectivity index (χ3v) is 3.72. The predicted molar refractivity (Wildman–Crippen MR) is 78.0 cm³/mol. The first-order chi connectivity index (χ1) is 10.2. The third kappa shape index (κ3) is 2.90. The highest BCUT2D eigenvalue weighted by Gasteiger charge is 2.23. The van der Waals surface area contributed by atoms with Crippen LogP contribution in [-0.2, 0) is 19.5 Å². The Labute approximate surface area is 127 Å². The van der Waals surface area contributed by atoms with Crippen molar-refractivity contribution < 1.29 is 4.79 Å². The van der Waals surface area contributed by atoms with Gasteiger partial charge < -0.3 is 9.47 Å². The molecule has 110 valence electrons. The van der Waals surface area contributed by atoms with Gasteiger partial charge in [-0.15, -0.1) is 10.2 Å². The SMILES string of the molecule is CCCc1cc(C(=O)N2CCn3cnnc3C2)cc(Cl)n1. The molecule has 0 atom stereocenters. The number of hydrogen-bond acceptors (Lipinski definition) is 4. The number of carbonyl (C=O) groups excluding carboxylic acids is 1. The Kier molecular flexibility index (Phi) is 3.88. The van der Waals surface area contributed by atoms with E-state index >= 15 is 0 Å². The van der Waals surface area contributed by atoms with E-state index in [1.165, 1.54) is 0 Å². The monoisotopic (exact) mass is 305 g/mol.